The van der Waals surface area contributed by atoms with Crippen molar-refractivity contribution in [3.63, 3.8) is 0 Å². The number of ether oxygens (including phenoxy) is 3. The SMILES string of the molecule is CCCCCCCCC(=O)OC[C@H](COCc1ccccc1)OC(=O)CCCCCCCC. The van der Waals surface area contributed by atoms with Crippen molar-refractivity contribution in [3.8, 4) is 0 Å². The Balaban J connectivity index is 2.35. The van der Waals surface area contributed by atoms with E-state index in [4.69, 9.17) is 14.2 Å². The molecule has 0 N–H and O–H groups in total. The van der Waals surface area contributed by atoms with Crippen molar-refractivity contribution in [1.29, 1.82) is 0 Å². The molecule has 0 radical (unpaired) electrons. The zero-order chi connectivity index (χ0) is 24.0. The summed E-state index contributed by atoms with van der Waals surface area (Å²) in [5, 5.41) is 0. The standard InChI is InChI=1S/C28H46O5/c1-3-5-7-9-11-16-20-27(29)32-24-26(23-31-22-25-18-14-13-15-19-25)33-28(30)21-17-12-10-8-6-4-2/h13-15,18-19,26H,3-12,16-17,20-24H2,1-2H3/t26-/m0/s1. The van der Waals surface area contributed by atoms with Gasteiger partial charge >= 0.3 is 11.9 Å². The maximum absolute atomic E-state index is 12.3. The summed E-state index contributed by atoms with van der Waals surface area (Å²) >= 11 is 0. The van der Waals surface area contributed by atoms with Gasteiger partial charge in [-0.1, -0.05) is 108 Å². The second-order valence-corrected chi connectivity index (χ2v) is 8.83. The van der Waals surface area contributed by atoms with Crippen molar-refractivity contribution in [2.75, 3.05) is 13.2 Å². The fourth-order valence-corrected chi connectivity index (χ4v) is 3.60. The van der Waals surface area contributed by atoms with Crippen LogP contribution in [0.3, 0.4) is 0 Å². The maximum atomic E-state index is 12.3. The molecular weight excluding hydrogens is 416 g/mol. The quantitative estimate of drug-likeness (QED) is 0.143. The molecule has 188 valence electrons. The van der Waals surface area contributed by atoms with Gasteiger partial charge in [0, 0.05) is 12.8 Å². The van der Waals surface area contributed by atoms with Gasteiger partial charge in [0.25, 0.3) is 0 Å². The molecule has 0 spiro atoms. The molecule has 1 aromatic rings. The molecule has 0 unspecified atom stereocenters. The second kappa shape index (κ2) is 20.7. The summed E-state index contributed by atoms with van der Waals surface area (Å²) in [6.45, 7) is 5.07. The molecule has 0 aliphatic carbocycles. The van der Waals surface area contributed by atoms with Crippen LogP contribution < -0.4 is 0 Å². The van der Waals surface area contributed by atoms with Crippen LogP contribution in [0.25, 0.3) is 0 Å². The van der Waals surface area contributed by atoms with Crippen molar-refractivity contribution < 1.29 is 23.8 Å². The summed E-state index contributed by atoms with van der Waals surface area (Å²) < 4.78 is 16.8. The average Bonchev–Trinajstić information content (AvgIpc) is 2.82. The molecule has 0 aromatic heterocycles. The van der Waals surface area contributed by atoms with Crippen LogP contribution in [0.1, 0.15) is 109 Å². The number of hydrogen-bond acceptors (Lipinski definition) is 5. The van der Waals surface area contributed by atoms with Crippen LogP contribution >= 0.6 is 0 Å². The van der Waals surface area contributed by atoms with Gasteiger partial charge in [-0.3, -0.25) is 9.59 Å². The van der Waals surface area contributed by atoms with Gasteiger partial charge in [0.1, 0.15) is 6.61 Å². The van der Waals surface area contributed by atoms with Gasteiger partial charge in [-0.05, 0) is 18.4 Å². The van der Waals surface area contributed by atoms with Crippen molar-refractivity contribution in [2.24, 2.45) is 0 Å². The van der Waals surface area contributed by atoms with E-state index in [0.717, 1.165) is 44.1 Å². The summed E-state index contributed by atoms with van der Waals surface area (Å²) in [6, 6.07) is 9.85. The lowest BCUT2D eigenvalue weighted by Gasteiger charge is -2.18. The molecule has 33 heavy (non-hydrogen) atoms. The topological polar surface area (TPSA) is 61.8 Å². The van der Waals surface area contributed by atoms with Crippen LogP contribution in [-0.4, -0.2) is 31.3 Å². The molecule has 0 amide bonds. The Bertz CT molecular complexity index is 602. The Morgan fingerprint density at radius 2 is 1.24 bits per heavy atom. The molecule has 5 nitrogen and oxygen atoms in total. The Morgan fingerprint density at radius 1 is 0.697 bits per heavy atom. The van der Waals surface area contributed by atoms with Gasteiger partial charge < -0.3 is 14.2 Å². The predicted octanol–water partition coefficient (Wildman–Crippen LogP) is 7.16. The highest BCUT2D eigenvalue weighted by molar-refractivity contribution is 5.70. The molecule has 1 rings (SSSR count). The summed E-state index contributed by atoms with van der Waals surface area (Å²) in [5.41, 5.74) is 1.05. The van der Waals surface area contributed by atoms with Crippen molar-refractivity contribution in [1.82, 2.24) is 0 Å². The first-order valence-electron chi connectivity index (χ1n) is 13.1. The first-order chi connectivity index (χ1) is 16.2. The lowest BCUT2D eigenvalue weighted by molar-refractivity contribution is -0.163. The molecule has 0 saturated carbocycles. The van der Waals surface area contributed by atoms with Crippen LogP contribution in [0.2, 0.25) is 0 Å². The first kappa shape index (κ1) is 29.2. The van der Waals surface area contributed by atoms with Crippen LogP contribution in [0.4, 0.5) is 0 Å². The maximum Gasteiger partial charge on any atom is 0.306 e. The van der Waals surface area contributed by atoms with Gasteiger partial charge in [-0.15, -0.1) is 0 Å². The summed E-state index contributed by atoms with van der Waals surface area (Å²) in [5.74, 6) is -0.476. The number of hydrogen-bond donors (Lipinski definition) is 0. The predicted molar refractivity (Wildman–Crippen MR) is 133 cm³/mol. The highest BCUT2D eigenvalue weighted by atomic mass is 16.6. The van der Waals surface area contributed by atoms with Crippen LogP contribution in [0, 0.1) is 0 Å². The van der Waals surface area contributed by atoms with E-state index in [2.05, 4.69) is 13.8 Å². The minimum Gasteiger partial charge on any atom is -0.462 e. The normalized spacial score (nSPS) is 11.8. The highest BCUT2D eigenvalue weighted by Crippen LogP contribution is 2.11. The van der Waals surface area contributed by atoms with E-state index in [-0.39, 0.29) is 25.2 Å². The fourth-order valence-electron chi connectivity index (χ4n) is 3.60. The Labute approximate surface area is 201 Å². The first-order valence-corrected chi connectivity index (χ1v) is 13.1. The summed E-state index contributed by atoms with van der Waals surface area (Å²) in [4.78, 5) is 24.4. The average molecular weight is 463 g/mol. The van der Waals surface area contributed by atoms with E-state index in [1.807, 2.05) is 30.3 Å². The summed E-state index contributed by atoms with van der Waals surface area (Å²) in [7, 11) is 0. The second-order valence-electron chi connectivity index (χ2n) is 8.83. The van der Waals surface area contributed by atoms with Crippen molar-refractivity contribution in [2.45, 2.75) is 116 Å². The van der Waals surface area contributed by atoms with E-state index in [0.29, 0.717) is 19.4 Å². The number of carbonyl (C=O) groups excluding carboxylic acids is 2. The van der Waals surface area contributed by atoms with Crippen LogP contribution in [0.5, 0.6) is 0 Å². The fraction of sp³-hybridized carbons (Fsp3) is 0.714. The van der Waals surface area contributed by atoms with Crippen molar-refractivity contribution >= 4 is 11.9 Å². The number of rotatable bonds is 21. The Hall–Kier alpha value is -1.88. The molecule has 0 saturated heterocycles. The smallest absolute Gasteiger partial charge is 0.306 e. The molecule has 0 aliphatic rings. The van der Waals surface area contributed by atoms with E-state index < -0.39 is 6.10 Å². The third-order valence-electron chi connectivity index (χ3n) is 5.61. The molecule has 0 heterocycles. The third-order valence-corrected chi connectivity index (χ3v) is 5.61. The Morgan fingerprint density at radius 3 is 1.85 bits per heavy atom. The Kier molecular flexibility index (Phi) is 18.3. The molecular formula is C28H46O5. The van der Waals surface area contributed by atoms with Gasteiger partial charge in [0.2, 0.25) is 0 Å². The molecule has 0 fully saturated rings. The minimum atomic E-state index is -0.574. The van der Waals surface area contributed by atoms with Gasteiger partial charge in [-0.25, -0.2) is 0 Å². The summed E-state index contributed by atoms with van der Waals surface area (Å²) in [6.07, 6.45) is 13.7. The van der Waals surface area contributed by atoms with Crippen molar-refractivity contribution in [3.05, 3.63) is 35.9 Å². The third kappa shape index (κ3) is 17.3. The van der Waals surface area contributed by atoms with Gasteiger partial charge in [0.05, 0.1) is 13.2 Å². The zero-order valence-corrected chi connectivity index (χ0v) is 21.0. The monoisotopic (exact) mass is 462 g/mol. The molecule has 1 aromatic carbocycles. The highest BCUT2D eigenvalue weighted by Gasteiger charge is 2.17. The number of esters is 2. The molecule has 0 bridgehead atoms. The lowest BCUT2D eigenvalue weighted by atomic mass is 10.1. The molecule has 0 aliphatic heterocycles. The van der Waals surface area contributed by atoms with E-state index in [1.165, 1.54) is 38.5 Å². The van der Waals surface area contributed by atoms with Gasteiger partial charge in [0.15, 0.2) is 6.10 Å². The zero-order valence-electron chi connectivity index (χ0n) is 21.0. The van der Waals surface area contributed by atoms with Gasteiger partial charge in [-0.2, -0.15) is 0 Å². The van der Waals surface area contributed by atoms with Crippen LogP contribution in [0.15, 0.2) is 30.3 Å². The number of unbranched alkanes of at least 4 members (excludes halogenated alkanes) is 10. The van der Waals surface area contributed by atoms with E-state index >= 15 is 0 Å². The van der Waals surface area contributed by atoms with E-state index in [1.54, 1.807) is 0 Å². The lowest BCUT2D eigenvalue weighted by Crippen LogP contribution is -2.29. The van der Waals surface area contributed by atoms with E-state index in [9.17, 15) is 9.59 Å². The number of carbonyl (C=O) groups is 2. The number of benzene rings is 1. The largest absolute Gasteiger partial charge is 0.462 e. The molecule has 5 heteroatoms. The van der Waals surface area contributed by atoms with Crippen LogP contribution in [-0.2, 0) is 30.4 Å². The minimum absolute atomic E-state index is 0.0473. The molecule has 1 atom stereocenters.